The normalized spacial score (nSPS) is 22.8. The maximum absolute atomic E-state index is 11.8. The minimum absolute atomic E-state index is 0.179. The van der Waals surface area contributed by atoms with Crippen molar-refractivity contribution in [3.8, 4) is 0 Å². The van der Waals surface area contributed by atoms with Crippen LogP contribution in [0, 0.1) is 6.92 Å². The van der Waals surface area contributed by atoms with Crippen LogP contribution in [0.4, 0.5) is 0 Å². The maximum Gasteiger partial charge on any atom is 0.132 e. The van der Waals surface area contributed by atoms with Gasteiger partial charge < -0.3 is 0 Å². The molecule has 0 aliphatic heterocycles. The first-order valence-corrected chi connectivity index (χ1v) is 8.36. The number of hydrogen-bond donors (Lipinski definition) is 0. The van der Waals surface area contributed by atoms with Crippen LogP contribution < -0.4 is 0 Å². The number of ketones is 1. The molecule has 4 rings (SSSR count). The third-order valence-electron chi connectivity index (χ3n) is 5.79. The van der Waals surface area contributed by atoms with Gasteiger partial charge in [0.1, 0.15) is 5.78 Å². The molecule has 0 saturated heterocycles. The highest BCUT2D eigenvalue weighted by Gasteiger charge is 2.48. The molecule has 0 radical (unpaired) electrons. The largest absolute Gasteiger partial charge is 0.300 e. The molecule has 1 nitrogen and oxygen atoms in total. The fourth-order valence-corrected chi connectivity index (χ4v) is 4.70. The fourth-order valence-electron chi connectivity index (χ4n) is 4.70. The van der Waals surface area contributed by atoms with Crippen LogP contribution in [0.3, 0.4) is 0 Å². The van der Waals surface area contributed by atoms with E-state index in [4.69, 9.17) is 0 Å². The number of rotatable bonds is 1. The Morgan fingerprint density at radius 2 is 1.77 bits per heavy atom. The molecule has 2 aliphatic carbocycles. The van der Waals surface area contributed by atoms with Crippen LogP contribution in [-0.2, 0) is 16.6 Å². The molecule has 1 spiro atoms. The van der Waals surface area contributed by atoms with Gasteiger partial charge in [0.25, 0.3) is 0 Å². The smallest absolute Gasteiger partial charge is 0.132 e. The molecule has 0 heterocycles. The molecular formula is C21H22O. The number of fused-ring (bicyclic) bond motifs is 2. The number of carbonyl (C=O) groups is 1. The van der Waals surface area contributed by atoms with Crippen molar-refractivity contribution >= 4 is 5.78 Å². The Labute approximate surface area is 132 Å². The number of benzene rings is 2. The van der Waals surface area contributed by atoms with Crippen LogP contribution >= 0.6 is 0 Å². The molecule has 1 saturated carbocycles. The molecule has 2 aromatic rings. The second-order valence-electron chi connectivity index (χ2n) is 7.02. The minimum Gasteiger partial charge on any atom is -0.300 e. The van der Waals surface area contributed by atoms with Gasteiger partial charge in [-0.1, -0.05) is 54.1 Å². The van der Waals surface area contributed by atoms with Crippen molar-refractivity contribution in [3.05, 3.63) is 70.8 Å². The Kier molecular flexibility index (Phi) is 3.18. The van der Waals surface area contributed by atoms with Gasteiger partial charge in [0.2, 0.25) is 0 Å². The first-order valence-electron chi connectivity index (χ1n) is 8.36. The van der Waals surface area contributed by atoms with E-state index in [1.807, 2.05) is 0 Å². The Bertz CT molecular complexity index is 718. The Hall–Kier alpha value is -1.89. The summed E-state index contributed by atoms with van der Waals surface area (Å²) in [5.74, 6) is 0.968. The van der Waals surface area contributed by atoms with Gasteiger partial charge in [0.05, 0.1) is 0 Å². The summed E-state index contributed by atoms with van der Waals surface area (Å²) in [6, 6.07) is 17.9. The summed E-state index contributed by atoms with van der Waals surface area (Å²) >= 11 is 0. The Morgan fingerprint density at radius 3 is 2.55 bits per heavy atom. The molecule has 2 aromatic carbocycles. The molecule has 0 N–H and O–H groups in total. The van der Waals surface area contributed by atoms with Crippen molar-refractivity contribution in [3.63, 3.8) is 0 Å². The van der Waals surface area contributed by atoms with Gasteiger partial charge in [0.15, 0.2) is 0 Å². The third kappa shape index (κ3) is 2.03. The average molecular weight is 290 g/mol. The quantitative estimate of drug-likeness (QED) is 0.743. The van der Waals surface area contributed by atoms with Gasteiger partial charge in [-0.3, -0.25) is 4.79 Å². The highest BCUT2D eigenvalue weighted by atomic mass is 16.1. The van der Waals surface area contributed by atoms with E-state index in [-0.39, 0.29) is 5.41 Å². The van der Waals surface area contributed by atoms with Crippen molar-refractivity contribution in [1.82, 2.24) is 0 Å². The average Bonchev–Trinajstić information content (AvgIpc) is 2.85. The molecule has 112 valence electrons. The zero-order valence-corrected chi connectivity index (χ0v) is 13.1. The molecule has 0 aromatic heterocycles. The molecular weight excluding hydrogens is 268 g/mol. The van der Waals surface area contributed by atoms with E-state index in [9.17, 15) is 4.79 Å². The summed E-state index contributed by atoms with van der Waals surface area (Å²) in [4.78, 5) is 11.8. The zero-order valence-electron chi connectivity index (χ0n) is 13.1. The van der Waals surface area contributed by atoms with Crippen molar-refractivity contribution in [1.29, 1.82) is 0 Å². The Balaban J connectivity index is 1.83. The standard InChI is InChI=1S/C21H22O/c1-15-5-4-7-16(13-15)20-14-17-6-2-3-8-19(17)21(20)11-9-18(22)10-12-21/h2-8,13,20H,9-12,14H2,1H3. The predicted octanol–water partition coefficient (Wildman–Crippen LogP) is 4.72. The van der Waals surface area contributed by atoms with Gasteiger partial charge in [-0.25, -0.2) is 0 Å². The van der Waals surface area contributed by atoms with Crippen LogP contribution in [0.5, 0.6) is 0 Å². The second-order valence-corrected chi connectivity index (χ2v) is 7.02. The van der Waals surface area contributed by atoms with E-state index in [2.05, 4.69) is 55.5 Å². The minimum atomic E-state index is 0.179. The second kappa shape index (κ2) is 5.08. The zero-order chi connectivity index (χ0) is 15.2. The molecule has 2 aliphatic rings. The molecule has 1 unspecified atom stereocenters. The van der Waals surface area contributed by atoms with Crippen molar-refractivity contribution in [2.75, 3.05) is 0 Å². The predicted molar refractivity (Wildman–Crippen MR) is 89.2 cm³/mol. The first-order chi connectivity index (χ1) is 10.7. The van der Waals surface area contributed by atoms with Crippen LogP contribution in [0.1, 0.15) is 53.9 Å². The van der Waals surface area contributed by atoms with E-state index < -0.39 is 0 Å². The molecule has 1 fully saturated rings. The van der Waals surface area contributed by atoms with E-state index in [1.165, 1.54) is 22.3 Å². The highest BCUT2D eigenvalue weighted by Crippen LogP contribution is 2.55. The van der Waals surface area contributed by atoms with Gasteiger partial charge in [-0.2, -0.15) is 0 Å². The van der Waals surface area contributed by atoms with Crippen molar-refractivity contribution in [2.45, 2.75) is 50.4 Å². The summed E-state index contributed by atoms with van der Waals surface area (Å²) in [7, 11) is 0. The van der Waals surface area contributed by atoms with E-state index in [0.29, 0.717) is 11.7 Å². The molecule has 0 amide bonds. The lowest BCUT2D eigenvalue weighted by molar-refractivity contribution is -0.121. The van der Waals surface area contributed by atoms with Gasteiger partial charge in [-0.05, 0) is 48.8 Å². The maximum atomic E-state index is 11.8. The highest BCUT2D eigenvalue weighted by molar-refractivity contribution is 5.80. The first kappa shape index (κ1) is 13.8. The van der Waals surface area contributed by atoms with Crippen molar-refractivity contribution in [2.24, 2.45) is 0 Å². The lowest BCUT2D eigenvalue weighted by atomic mass is 9.63. The molecule has 0 bridgehead atoms. The number of carbonyl (C=O) groups excluding carboxylic acids is 1. The number of hydrogen-bond acceptors (Lipinski definition) is 1. The van der Waals surface area contributed by atoms with E-state index in [1.54, 1.807) is 0 Å². The van der Waals surface area contributed by atoms with Crippen molar-refractivity contribution < 1.29 is 4.79 Å². The van der Waals surface area contributed by atoms with Crippen LogP contribution in [0.15, 0.2) is 48.5 Å². The third-order valence-corrected chi connectivity index (χ3v) is 5.79. The molecule has 1 atom stereocenters. The summed E-state index contributed by atoms with van der Waals surface area (Å²) in [5.41, 5.74) is 5.96. The van der Waals surface area contributed by atoms with Crippen LogP contribution in [0.25, 0.3) is 0 Å². The van der Waals surface area contributed by atoms with Crippen LogP contribution in [-0.4, -0.2) is 5.78 Å². The van der Waals surface area contributed by atoms with Gasteiger partial charge in [-0.15, -0.1) is 0 Å². The monoisotopic (exact) mass is 290 g/mol. The van der Waals surface area contributed by atoms with Gasteiger partial charge >= 0.3 is 0 Å². The lowest BCUT2D eigenvalue weighted by Gasteiger charge is -2.40. The summed E-state index contributed by atoms with van der Waals surface area (Å²) in [5, 5.41) is 0. The SMILES string of the molecule is Cc1cccc(C2Cc3ccccc3C23CCC(=O)CC3)c1. The van der Waals surface area contributed by atoms with Crippen LogP contribution in [0.2, 0.25) is 0 Å². The van der Waals surface area contributed by atoms with E-state index >= 15 is 0 Å². The molecule has 22 heavy (non-hydrogen) atoms. The van der Waals surface area contributed by atoms with Gasteiger partial charge in [0, 0.05) is 18.3 Å². The summed E-state index contributed by atoms with van der Waals surface area (Å²) in [6.45, 7) is 2.17. The number of Topliss-reactive ketones (excluding diaryl/α,β-unsaturated/α-hetero) is 1. The number of aryl methyl sites for hydroxylation is 1. The fraction of sp³-hybridized carbons (Fsp3) is 0.381. The molecule has 1 heteroatoms. The van der Waals surface area contributed by atoms with E-state index in [0.717, 1.165) is 32.1 Å². The summed E-state index contributed by atoms with van der Waals surface area (Å²) in [6.07, 6.45) is 4.64. The Morgan fingerprint density at radius 1 is 1.00 bits per heavy atom. The lowest BCUT2D eigenvalue weighted by Crippen LogP contribution is -2.35. The summed E-state index contributed by atoms with van der Waals surface area (Å²) < 4.78 is 0. The topological polar surface area (TPSA) is 17.1 Å².